The second-order valence-electron chi connectivity index (χ2n) is 5.30. The summed E-state index contributed by atoms with van der Waals surface area (Å²) in [5.74, 6) is -0.604. The standard InChI is InChI=1S/C16H18O3/c1-11-14(17)13(9-10-16(11,2)3)15(18)19-12-7-5-4-6-8-12/h4-10,13,17H,1-3H3. The lowest BCUT2D eigenvalue weighted by Crippen LogP contribution is -2.27. The quantitative estimate of drug-likeness (QED) is 0.500. The normalized spacial score (nSPS) is 21.3. The largest absolute Gasteiger partial charge is 0.511 e. The van der Waals surface area contributed by atoms with Crippen LogP contribution >= 0.6 is 0 Å². The minimum atomic E-state index is -0.715. The fraction of sp³-hybridized carbons (Fsp3) is 0.312. The number of aliphatic hydroxyl groups excluding tert-OH is 1. The molecule has 1 aliphatic carbocycles. The van der Waals surface area contributed by atoms with Gasteiger partial charge in [0, 0.05) is 5.41 Å². The Labute approximate surface area is 113 Å². The topological polar surface area (TPSA) is 46.5 Å². The average molecular weight is 258 g/mol. The van der Waals surface area contributed by atoms with E-state index in [0.29, 0.717) is 5.75 Å². The summed E-state index contributed by atoms with van der Waals surface area (Å²) in [6, 6.07) is 8.86. The Morgan fingerprint density at radius 1 is 1.26 bits per heavy atom. The second-order valence-corrected chi connectivity index (χ2v) is 5.30. The smallest absolute Gasteiger partial charge is 0.325 e. The highest BCUT2D eigenvalue weighted by Crippen LogP contribution is 2.37. The minimum absolute atomic E-state index is 0.0911. The molecule has 1 N–H and O–H groups in total. The van der Waals surface area contributed by atoms with Crippen molar-refractivity contribution in [3.05, 3.63) is 53.8 Å². The first kappa shape index (κ1) is 13.4. The molecule has 3 heteroatoms. The van der Waals surface area contributed by atoms with Gasteiger partial charge in [0.05, 0.1) is 0 Å². The molecule has 0 spiro atoms. The highest BCUT2D eigenvalue weighted by atomic mass is 16.5. The van der Waals surface area contributed by atoms with Crippen molar-refractivity contribution in [2.45, 2.75) is 20.8 Å². The monoisotopic (exact) mass is 258 g/mol. The predicted octanol–water partition coefficient (Wildman–Crippen LogP) is 3.64. The maximum Gasteiger partial charge on any atom is 0.325 e. The van der Waals surface area contributed by atoms with E-state index in [1.54, 1.807) is 30.3 Å². The van der Waals surface area contributed by atoms with Crippen molar-refractivity contribution in [3.63, 3.8) is 0 Å². The van der Waals surface area contributed by atoms with Crippen molar-refractivity contribution in [3.8, 4) is 5.75 Å². The number of carbonyl (C=O) groups is 1. The molecule has 1 aromatic carbocycles. The maximum atomic E-state index is 12.1. The number of ether oxygens (including phenoxy) is 1. The van der Waals surface area contributed by atoms with Crippen molar-refractivity contribution >= 4 is 5.97 Å². The van der Waals surface area contributed by atoms with Gasteiger partial charge in [-0.1, -0.05) is 44.2 Å². The van der Waals surface area contributed by atoms with Crippen LogP contribution in [0, 0.1) is 11.3 Å². The zero-order valence-corrected chi connectivity index (χ0v) is 11.4. The molecule has 0 saturated carbocycles. The zero-order valence-electron chi connectivity index (χ0n) is 11.4. The molecule has 2 rings (SSSR count). The number of para-hydroxylation sites is 1. The van der Waals surface area contributed by atoms with Crippen LogP contribution in [0.15, 0.2) is 53.8 Å². The number of carbonyl (C=O) groups excluding carboxylic acids is 1. The Kier molecular flexibility index (Phi) is 3.47. The summed E-state index contributed by atoms with van der Waals surface area (Å²) >= 11 is 0. The summed E-state index contributed by atoms with van der Waals surface area (Å²) in [7, 11) is 0. The van der Waals surface area contributed by atoms with Gasteiger partial charge in [-0.25, -0.2) is 0 Å². The van der Waals surface area contributed by atoms with Crippen LogP contribution in [0.25, 0.3) is 0 Å². The number of aliphatic hydroxyl groups is 1. The number of hydrogen-bond donors (Lipinski definition) is 1. The van der Waals surface area contributed by atoms with Gasteiger partial charge in [0.1, 0.15) is 17.4 Å². The molecule has 0 radical (unpaired) electrons. The molecule has 1 unspecified atom stereocenters. The second kappa shape index (κ2) is 4.92. The highest BCUT2D eigenvalue weighted by Gasteiger charge is 2.33. The Balaban J connectivity index is 2.18. The summed E-state index contributed by atoms with van der Waals surface area (Å²) in [5.41, 5.74) is 0.568. The third-order valence-corrected chi connectivity index (χ3v) is 3.57. The van der Waals surface area contributed by atoms with E-state index in [1.807, 2.05) is 32.9 Å². The maximum absolute atomic E-state index is 12.1. The van der Waals surface area contributed by atoms with Gasteiger partial charge in [-0.15, -0.1) is 0 Å². The zero-order chi connectivity index (χ0) is 14.0. The summed E-state index contributed by atoms with van der Waals surface area (Å²) in [6.07, 6.45) is 3.63. The molecular formula is C16H18O3. The van der Waals surface area contributed by atoms with E-state index in [1.165, 1.54) is 0 Å². The van der Waals surface area contributed by atoms with Crippen molar-refractivity contribution in [2.75, 3.05) is 0 Å². The first-order valence-corrected chi connectivity index (χ1v) is 6.28. The van der Waals surface area contributed by atoms with Crippen LogP contribution in [0.2, 0.25) is 0 Å². The molecule has 1 atom stereocenters. The lowest BCUT2D eigenvalue weighted by atomic mass is 9.77. The summed E-state index contributed by atoms with van der Waals surface area (Å²) < 4.78 is 5.26. The van der Waals surface area contributed by atoms with E-state index < -0.39 is 11.9 Å². The number of hydrogen-bond acceptors (Lipinski definition) is 3. The molecule has 0 aromatic heterocycles. The fourth-order valence-electron chi connectivity index (χ4n) is 1.97. The van der Waals surface area contributed by atoms with Crippen LogP contribution in [0.1, 0.15) is 20.8 Å². The van der Waals surface area contributed by atoms with E-state index in [4.69, 9.17) is 4.74 Å². The molecular weight excluding hydrogens is 240 g/mol. The fourth-order valence-corrected chi connectivity index (χ4v) is 1.97. The number of esters is 1. The molecule has 100 valence electrons. The van der Waals surface area contributed by atoms with Crippen LogP contribution in [0.4, 0.5) is 0 Å². The molecule has 0 heterocycles. The number of allylic oxidation sites excluding steroid dienone is 2. The third kappa shape index (κ3) is 2.70. The van der Waals surface area contributed by atoms with Gasteiger partial charge < -0.3 is 9.84 Å². The predicted molar refractivity (Wildman–Crippen MR) is 73.8 cm³/mol. The summed E-state index contributed by atoms with van der Waals surface area (Å²) in [4.78, 5) is 12.1. The van der Waals surface area contributed by atoms with Gasteiger partial charge >= 0.3 is 5.97 Å². The minimum Gasteiger partial charge on any atom is -0.511 e. The van der Waals surface area contributed by atoms with Gasteiger partial charge in [-0.05, 0) is 24.6 Å². The van der Waals surface area contributed by atoms with E-state index >= 15 is 0 Å². The summed E-state index contributed by atoms with van der Waals surface area (Å²) in [5, 5.41) is 10.1. The molecule has 1 aromatic rings. The molecule has 0 fully saturated rings. The first-order chi connectivity index (χ1) is 8.92. The summed E-state index contributed by atoms with van der Waals surface area (Å²) in [6.45, 7) is 5.82. The van der Waals surface area contributed by atoms with Crippen molar-refractivity contribution in [1.82, 2.24) is 0 Å². The molecule has 0 bridgehead atoms. The van der Waals surface area contributed by atoms with E-state index in [-0.39, 0.29) is 11.2 Å². The Hall–Kier alpha value is -2.03. The Morgan fingerprint density at radius 2 is 1.89 bits per heavy atom. The van der Waals surface area contributed by atoms with Crippen molar-refractivity contribution in [2.24, 2.45) is 11.3 Å². The third-order valence-electron chi connectivity index (χ3n) is 3.57. The van der Waals surface area contributed by atoms with Crippen molar-refractivity contribution in [1.29, 1.82) is 0 Å². The molecule has 3 nitrogen and oxygen atoms in total. The van der Waals surface area contributed by atoms with Crippen LogP contribution in [-0.2, 0) is 4.79 Å². The SMILES string of the molecule is CC1=C(O)C(C(=O)Oc2ccccc2)C=CC1(C)C. The van der Waals surface area contributed by atoms with Gasteiger partial charge in [0.15, 0.2) is 0 Å². The molecule has 0 amide bonds. The van der Waals surface area contributed by atoms with E-state index in [0.717, 1.165) is 5.57 Å². The van der Waals surface area contributed by atoms with Crippen LogP contribution < -0.4 is 4.74 Å². The van der Waals surface area contributed by atoms with Gasteiger partial charge in [0.25, 0.3) is 0 Å². The first-order valence-electron chi connectivity index (χ1n) is 6.28. The van der Waals surface area contributed by atoms with Crippen LogP contribution in [0.5, 0.6) is 5.75 Å². The lowest BCUT2D eigenvalue weighted by Gasteiger charge is -2.29. The molecule has 0 saturated heterocycles. The molecule has 0 aliphatic heterocycles. The number of rotatable bonds is 2. The highest BCUT2D eigenvalue weighted by molar-refractivity contribution is 5.80. The lowest BCUT2D eigenvalue weighted by molar-refractivity contribution is -0.137. The molecule has 1 aliphatic rings. The molecule has 19 heavy (non-hydrogen) atoms. The van der Waals surface area contributed by atoms with Gasteiger partial charge in [0.2, 0.25) is 0 Å². The average Bonchev–Trinajstić information content (AvgIpc) is 2.37. The Morgan fingerprint density at radius 3 is 2.53 bits per heavy atom. The van der Waals surface area contributed by atoms with Crippen molar-refractivity contribution < 1.29 is 14.6 Å². The van der Waals surface area contributed by atoms with Gasteiger partial charge in [-0.3, -0.25) is 4.79 Å². The number of benzene rings is 1. The van der Waals surface area contributed by atoms with E-state index in [9.17, 15) is 9.90 Å². The van der Waals surface area contributed by atoms with Crippen LogP contribution in [0.3, 0.4) is 0 Å². The van der Waals surface area contributed by atoms with Crippen LogP contribution in [-0.4, -0.2) is 11.1 Å². The van der Waals surface area contributed by atoms with Gasteiger partial charge in [-0.2, -0.15) is 0 Å². The van der Waals surface area contributed by atoms with E-state index in [2.05, 4.69) is 0 Å². The Bertz CT molecular complexity index is 538.